The third-order valence-corrected chi connectivity index (χ3v) is 4.44. The van der Waals surface area contributed by atoms with Gasteiger partial charge in [-0.25, -0.2) is 0 Å². The van der Waals surface area contributed by atoms with Crippen molar-refractivity contribution in [3.05, 3.63) is 35.9 Å². The van der Waals surface area contributed by atoms with E-state index < -0.39 is 5.60 Å². The molecule has 1 saturated heterocycles. The van der Waals surface area contributed by atoms with Crippen LogP contribution in [-0.2, 0) is 5.60 Å². The fourth-order valence-electron chi connectivity index (χ4n) is 3.57. The second-order valence-electron chi connectivity index (χ2n) is 5.44. The first-order chi connectivity index (χ1) is 8.31. The van der Waals surface area contributed by atoms with Gasteiger partial charge in [-0.2, -0.15) is 0 Å². The van der Waals surface area contributed by atoms with Gasteiger partial charge < -0.3 is 5.11 Å². The monoisotopic (exact) mass is 231 g/mol. The molecule has 2 fully saturated rings. The fraction of sp³-hybridized carbons (Fsp3) is 0.600. The van der Waals surface area contributed by atoms with Gasteiger partial charge in [0.05, 0.1) is 0 Å². The van der Waals surface area contributed by atoms with E-state index >= 15 is 0 Å². The van der Waals surface area contributed by atoms with Crippen LogP contribution in [0.1, 0.15) is 37.7 Å². The molecule has 2 unspecified atom stereocenters. The minimum atomic E-state index is -0.606. The maximum absolute atomic E-state index is 11.0. The highest BCUT2D eigenvalue weighted by molar-refractivity contribution is 5.26. The van der Waals surface area contributed by atoms with Crippen molar-refractivity contribution < 1.29 is 5.11 Å². The first-order valence-electron chi connectivity index (χ1n) is 6.83. The number of benzene rings is 1. The third-order valence-electron chi connectivity index (χ3n) is 4.44. The molecule has 1 aromatic rings. The summed E-state index contributed by atoms with van der Waals surface area (Å²) >= 11 is 0. The van der Waals surface area contributed by atoms with Crippen molar-refractivity contribution in [1.82, 2.24) is 4.90 Å². The lowest BCUT2D eigenvalue weighted by molar-refractivity contribution is -0.0258. The molecule has 1 aliphatic carbocycles. The largest absolute Gasteiger partial charge is 0.384 e. The molecule has 2 aliphatic rings. The number of nitrogens with zero attached hydrogens (tertiary/aromatic N) is 1. The van der Waals surface area contributed by atoms with E-state index in [1.165, 1.54) is 25.9 Å². The minimum Gasteiger partial charge on any atom is -0.384 e. The molecule has 2 nitrogen and oxygen atoms in total. The Morgan fingerprint density at radius 3 is 2.47 bits per heavy atom. The third kappa shape index (κ3) is 1.90. The molecular formula is C15H21NO. The van der Waals surface area contributed by atoms with Crippen molar-refractivity contribution in [3.8, 4) is 0 Å². The van der Waals surface area contributed by atoms with Gasteiger partial charge in [0.15, 0.2) is 0 Å². The summed E-state index contributed by atoms with van der Waals surface area (Å²) in [6, 6.07) is 10.6. The normalized spacial score (nSPS) is 34.3. The van der Waals surface area contributed by atoms with Gasteiger partial charge in [-0.05, 0) is 50.8 Å². The SMILES string of the molecule is OC1(c2ccccc2)CCCC1N1CCCC1. The lowest BCUT2D eigenvalue weighted by Crippen LogP contribution is -2.46. The molecule has 1 aromatic carbocycles. The van der Waals surface area contributed by atoms with Crippen molar-refractivity contribution in [3.63, 3.8) is 0 Å². The zero-order valence-corrected chi connectivity index (χ0v) is 10.3. The summed E-state index contributed by atoms with van der Waals surface area (Å²) in [5, 5.41) is 11.0. The van der Waals surface area contributed by atoms with Gasteiger partial charge in [0.25, 0.3) is 0 Å². The quantitative estimate of drug-likeness (QED) is 0.845. The predicted molar refractivity (Wildman–Crippen MR) is 68.8 cm³/mol. The summed E-state index contributed by atoms with van der Waals surface area (Å²) in [6.45, 7) is 2.33. The van der Waals surface area contributed by atoms with Crippen LogP contribution in [0.15, 0.2) is 30.3 Å². The van der Waals surface area contributed by atoms with Gasteiger partial charge in [-0.3, -0.25) is 4.90 Å². The molecule has 1 saturated carbocycles. The molecule has 0 bridgehead atoms. The molecule has 0 amide bonds. The Bertz CT molecular complexity index is 372. The molecule has 1 aliphatic heterocycles. The van der Waals surface area contributed by atoms with Crippen LogP contribution in [0.4, 0.5) is 0 Å². The van der Waals surface area contributed by atoms with Gasteiger partial charge in [0.2, 0.25) is 0 Å². The Balaban J connectivity index is 1.89. The maximum Gasteiger partial charge on any atom is 0.105 e. The van der Waals surface area contributed by atoms with Crippen molar-refractivity contribution in [1.29, 1.82) is 0 Å². The summed E-state index contributed by atoms with van der Waals surface area (Å²) in [7, 11) is 0. The van der Waals surface area contributed by atoms with E-state index in [4.69, 9.17) is 0 Å². The molecule has 17 heavy (non-hydrogen) atoms. The Morgan fingerprint density at radius 2 is 1.76 bits per heavy atom. The first-order valence-corrected chi connectivity index (χ1v) is 6.83. The van der Waals surface area contributed by atoms with Gasteiger partial charge in [-0.15, -0.1) is 0 Å². The Morgan fingerprint density at radius 1 is 1.06 bits per heavy atom. The molecule has 0 aromatic heterocycles. The van der Waals surface area contributed by atoms with Crippen molar-refractivity contribution in [2.75, 3.05) is 13.1 Å². The van der Waals surface area contributed by atoms with Crippen LogP contribution < -0.4 is 0 Å². The first kappa shape index (κ1) is 11.2. The highest BCUT2D eigenvalue weighted by atomic mass is 16.3. The molecule has 92 valence electrons. The molecule has 3 rings (SSSR count). The summed E-state index contributed by atoms with van der Waals surface area (Å²) in [5.74, 6) is 0. The van der Waals surface area contributed by atoms with E-state index in [0.717, 1.165) is 24.8 Å². The van der Waals surface area contributed by atoms with E-state index in [-0.39, 0.29) is 0 Å². The second kappa shape index (κ2) is 4.43. The molecule has 0 radical (unpaired) electrons. The summed E-state index contributed by atoms with van der Waals surface area (Å²) in [5.41, 5.74) is 0.500. The number of rotatable bonds is 2. The lowest BCUT2D eigenvalue weighted by atomic mass is 9.88. The summed E-state index contributed by atoms with van der Waals surface area (Å²) < 4.78 is 0. The second-order valence-corrected chi connectivity index (χ2v) is 5.44. The van der Waals surface area contributed by atoms with Crippen molar-refractivity contribution in [2.24, 2.45) is 0 Å². The minimum absolute atomic E-state index is 0.340. The fourth-order valence-corrected chi connectivity index (χ4v) is 3.57. The number of hydrogen-bond acceptors (Lipinski definition) is 2. The topological polar surface area (TPSA) is 23.5 Å². The predicted octanol–water partition coefficient (Wildman–Crippen LogP) is 2.52. The van der Waals surface area contributed by atoms with E-state index in [2.05, 4.69) is 17.0 Å². The van der Waals surface area contributed by atoms with E-state index in [9.17, 15) is 5.11 Å². The van der Waals surface area contributed by atoms with Crippen molar-refractivity contribution in [2.45, 2.75) is 43.7 Å². The van der Waals surface area contributed by atoms with Gasteiger partial charge >= 0.3 is 0 Å². The molecule has 2 heteroatoms. The molecule has 1 heterocycles. The average Bonchev–Trinajstić information content (AvgIpc) is 2.99. The standard InChI is InChI=1S/C15H21NO/c17-15(13-7-2-1-3-8-13)10-6-9-14(15)16-11-4-5-12-16/h1-3,7-8,14,17H,4-6,9-12H2. The number of likely N-dealkylation sites (tertiary alicyclic amines) is 1. The summed E-state index contributed by atoms with van der Waals surface area (Å²) in [6.07, 6.45) is 5.79. The van der Waals surface area contributed by atoms with E-state index in [1.807, 2.05) is 18.2 Å². The smallest absolute Gasteiger partial charge is 0.105 e. The van der Waals surface area contributed by atoms with Crippen LogP contribution in [0.25, 0.3) is 0 Å². The molecule has 1 N–H and O–H groups in total. The Labute approximate surface area is 103 Å². The van der Waals surface area contributed by atoms with Crippen LogP contribution in [0.3, 0.4) is 0 Å². The van der Waals surface area contributed by atoms with Gasteiger partial charge in [-0.1, -0.05) is 30.3 Å². The highest BCUT2D eigenvalue weighted by Gasteiger charge is 2.45. The highest BCUT2D eigenvalue weighted by Crippen LogP contribution is 2.42. The van der Waals surface area contributed by atoms with Crippen LogP contribution in [0.5, 0.6) is 0 Å². The Hall–Kier alpha value is -0.860. The van der Waals surface area contributed by atoms with E-state index in [1.54, 1.807) is 0 Å². The van der Waals surface area contributed by atoms with Gasteiger partial charge in [0, 0.05) is 6.04 Å². The van der Waals surface area contributed by atoms with Crippen LogP contribution in [0, 0.1) is 0 Å². The molecule has 2 atom stereocenters. The van der Waals surface area contributed by atoms with Gasteiger partial charge in [0.1, 0.15) is 5.60 Å². The zero-order valence-electron chi connectivity index (χ0n) is 10.3. The summed E-state index contributed by atoms with van der Waals surface area (Å²) in [4.78, 5) is 2.50. The number of aliphatic hydroxyl groups is 1. The van der Waals surface area contributed by atoms with Crippen LogP contribution in [-0.4, -0.2) is 29.1 Å². The Kier molecular flexibility index (Phi) is 2.93. The molecule has 0 spiro atoms. The lowest BCUT2D eigenvalue weighted by Gasteiger charge is -2.36. The van der Waals surface area contributed by atoms with E-state index in [0.29, 0.717) is 6.04 Å². The molecular weight excluding hydrogens is 210 g/mol. The average molecular weight is 231 g/mol. The van der Waals surface area contributed by atoms with Crippen LogP contribution in [0.2, 0.25) is 0 Å². The maximum atomic E-state index is 11.0. The zero-order chi connectivity index (χ0) is 11.7. The van der Waals surface area contributed by atoms with Crippen molar-refractivity contribution >= 4 is 0 Å². The number of hydrogen-bond donors (Lipinski definition) is 1. The van der Waals surface area contributed by atoms with Crippen LogP contribution >= 0.6 is 0 Å².